The van der Waals surface area contributed by atoms with Crippen LogP contribution in [0.15, 0.2) is 29.6 Å². The van der Waals surface area contributed by atoms with Crippen LogP contribution in [0.1, 0.15) is 54.5 Å². The zero-order chi connectivity index (χ0) is 14.7. The fourth-order valence-corrected chi connectivity index (χ4v) is 4.52. The van der Waals surface area contributed by atoms with Crippen LogP contribution in [0.2, 0.25) is 0 Å². The minimum absolute atomic E-state index is 0.344. The third kappa shape index (κ3) is 3.69. The fourth-order valence-electron chi connectivity index (χ4n) is 3.12. The molecule has 3 rings (SSSR count). The van der Waals surface area contributed by atoms with Crippen LogP contribution in [-0.2, 0) is 12.8 Å². The lowest BCUT2D eigenvalue weighted by atomic mass is 9.88. The van der Waals surface area contributed by atoms with Crippen LogP contribution in [0, 0.1) is 2.88 Å². The fraction of sp³-hybridized carbons (Fsp3) is 0.444. The van der Waals surface area contributed by atoms with Gasteiger partial charge in [-0.05, 0) is 94.9 Å². The number of benzene rings is 1. The first kappa shape index (κ1) is 15.5. The zero-order valence-corrected chi connectivity index (χ0v) is 15.5. The monoisotopic (exact) mass is 411 g/mol. The first-order valence-corrected chi connectivity index (χ1v) is 9.83. The van der Waals surface area contributed by atoms with Gasteiger partial charge in [-0.25, -0.2) is 0 Å². The molecule has 21 heavy (non-hydrogen) atoms. The van der Waals surface area contributed by atoms with Gasteiger partial charge in [0.1, 0.15) is 0 Å². The number of fused-ring (bicyclic) bond motifs is 1. The van der Waals surface area contributed by atoms with Crippen molar-refractivity contribution in [1.29, 1.82) is 0 Å². The third-order valence-electron chi connectivity index (χ3n) is 4.23. The number of nitrogens with one attached hydrogen (secondary N) is 1. The molecule has 1 aromatic heterocycles. The van der Waals surface area contributed by atoms with Crippen LogP contribution in [0.4, 0.5) is 0 Å². The van der Waals surface area contributed by atoms with Crippen molar-refractivity contribution < 1.29 is 0 Å². The Balaban J connectivity index is 1.92. The number of aryl methyl sites for hydroxylation is 2. The first-order chi connectivity index (χ1) is 10.3. The maximum absolute atomic E-state index is 3.73. The van der Waals surface area contributed by atoms with Gasteiger partial charge in [0.15, 0.2) is 0 Å². The van der Waals surface area contributed by atoms with Crippen LogP contribution >= 0.6 is 33.9 Å². The van der Waals surface area contributed by atoms with Gasteiger partial charge < -0.3 is 5.32 Å². The number of hydrogen-bond acceptors (Lipinski definition) is 2. The van der Waals surface area contributed by atoms with E-state index in [9.17, 15) is 0 Å². The van der Waals surface area contributed by atoms with Crippen molar-refractivity contribution in [2.24, 2.45) is 0 Å². The SMILES string of the molecule is CCCNC(c1csc(I)c1)c1ccc2c(c1)CCCC2. The Bertz CT molecular complexity index is 605. The lowest BCUT2D eigenvalue weighted by Crippen LogP contribution is -2.23. The Kier molecular flexibility index (Phi) is 5.35. The predicted octanol–water partition coefficient (Wildman–Crippen LogP) is 5.32. The molecule has 0 spiro atoms. The zero-order valence-electron chi connectivity index (χ0n) is 12.5. The molecule has 1 unspecified atom stereocenters. The normalized spacial score (nSPS) is 15.7. The predicted molar refractivity (Wildman–Crippen MR) is 100 cm³/mol. The molecule has 0 saturated carbocycles. The molecule has 0 bridgehead atoms. The summed E-state index contributed by atoms with van der Waals surface area (Å²) in [5, 5.41) is 6.03. The van der Waals surface area contributed by atoms with E-state index < -0.39 is 0 Å². The Morgan fingerprint density at radius 1 is 1.14 bits per heavy atom. The van der Waals surface area contributed by atoms with Gasteiger partial charge in [-0.15, -0.1) is 11.3 Å². The summed E-state index contributed by atoms with van der Waals surface area (Å²) >= 11 is 4.25. The van der Waals surface area contributed by atoms with Gasteiger partial charge >= 0.3 is 0 Å². The average Bonchev–Trinajstić information content (AvgIpc) is 2.94. The molecule has 1 aliphatic carbocycles. The molecule has 1 aliphatic rings. The second-order valence-corrected chi connectivity index (χ2v) is 8.61. The first-order valence-electron chi connectivity index (χ1n) is 7.87. The van der Waals surface area contributed by atoms with E-state index >= 15 is 0 Å². The molecule has 1 N–H and O–H groups in total. The molecule has 0 fully saturated rings. The Hall–Kier alpha value is -0.390. The second kappa shape index (κ2) is 7.25. The minimum Gasteiger partial charge on any atom is -0.306 e. The van der Waals surface area contributed by atoms with E-state index in [4.69, 9.17) is 0 Å². The number of thiophene rings is 1. The van der Waals surface area contributed by atoms with Crippen molar-refractivity contribution in [1.82, 2.24) is 5.32 Å². The smallest absolute Gasteiger partial charge is 0.0656 e. The van der Waals surface area contributed by atoms with E-state index in [0.29, 0.717) is 6.04 Å². The van der Waals surface area contributed by atoms with Gasteiger partial charge in [0, 0.05) is 0 Å². The topological polar surface area (TPSA) is 12.0 Å². The molecule has 1 nitrogen and oxygen atoms in total. The van der Waals surface area contributed by atoms with Gasteiger partial charge in [0.2, 0.25) is 0 Å². The molecule has 0 saturated heterocycles. The molecule has 0 aliphatic heterocycles. The van der Waals surface area contributed by atoms with Crippen molar-refractivity contribution in [3.8, 4) is 0 Å². The van der Waals surface area contributed by atoms with E-state index in [1.165, 1.54) is 46.1 Å². The van der Waals surface area contributed by atoms with Gasteiger partial charge in [0.05, 0.1) is 8.93 Å². The molecule has 1 heterocycles. The Labute approximate surface area is 145 Å². The summed E-state index contributed by atoms with van der Waals surface area (Å²) in [7, 11) is 0. The van der Waals surface area contributed by atoms with E-state index in [1.54, 1.807) is 11.1 Å². The molecule has 3 heteroatoms. The van der Waals surface area contributed by atoms with Crippen molar-refractivity contribution in [2.45, 2.75) is 45.1 Å². The molecular weight excluding hydrogens is 389 g/mol. The summed E-state index contributed by atoms with van der Waals surface area (Å²) in [4.78, 5) is 0. The number of hydrogen-bond donors (Lipinski definition) is 1. The highest BCUT2D eigenvalue weighted by Crippen LogP contribution is 2.30. The molecule has 0 radical (unpaired) electrons. The third-order valence-corrected chi connectivity index (χ3v) is 6.03. The number of halogens is 1. The van der Waals surface area contributed by atoms with Gasteiger partial charge in [-0.2, -0.15) is 0 Å². The van der Waals surface area contributed by atoms with Crippen molar-refractivity contribution in [3.63, 3.8) is 0 Å². The summed E-state index contributed by atoms with van der Waals surface area (Å²) in [6.45, 7) is 3.29. The molecule has 1 aromatic carbocycles. The lowest BCUT2D eigenvalue weighted by molar-refractivity contribution is 0.597. The maximum atomic E-state index is 3.73. The van der Waals surface area contributed by atoms with Crippen LogP contribution in [0.25, 0.3) is 0 Å². The summed E-state index contributed by atoms with van der Waals surface area (Å²) in [6.07, 6.45) is 6.39. The van der Waals surface area contributed by atoms with E-state index in [2.05, 4.69) is 64.5 Å². The van der Waals surface area contributed by atoms with E-state index in [1.807, 2.05) is 11.3 Å². The molecule has 0 amide bonds. The van der Waals surface area contributed by atoms with Gasteiger partial charge in [0.25, 0.3) is 0 Å². The maximum Gasteiger partial charge on any atom is 0.0656 e. The molecule has 2 aromatic rings. The van der Waals surface area contributed by atoms with Crippen molar-refractivity contribution in [3.05, 3.63) is 54.8 Å². The molecule has 1 atom stereocenters. The van der Waals surface area contributed by atoms with Crippen LogP contribution in [0.5, 0.6) is 0 Å². The molecule has 112 valence electrons. The second-order valence-electron chi connectivity index (χ2n) is 5.81. The van der Waals surface area contributed by atoms with Crippen molar-refractivity contribution in [2.75, 3.05) is 6.54 Å². The van der Waals surface area contributed by atoms with Crippen LogP contribution < -0.4 is 5.32 Å². The Morgan fingerprint density at radius 3 is 2.67 bits per heavy atom. The summed E-state index contributed by atoms with van der Waals surface area (Å²) in [5.41, 5.74) is 5.98. The lowest BCUT2D eigenvalue weighted by Gasteiger charge is -2.22. The largest absolute Gasteiger partial charge is 0.306 e. The minimum atomic E-state index is 0.344. The highest BCUT2D eigenvalue weighted by molar-refractivity contribution is 14.1. The highest BCUT2D eigenvalue weighted by atomic mass is 127. The Morgan fingerprint density at radius 2 is 1.95 bits per heavy atom. The number of rotatable bonds is 5. The van der Waals surface area contributed by atoms with Gasteiger partial charge in [-0.3, -0.25) is 0 Å². The highest BCUT2D eigenvalue weighted by Gasteiger charge is 2.17. The van der Waals surface area contributed by atoms with Gasteiger partial charge in [-0.1, -0.05) is 25.1 Å². The van der Waals surface area contributed by atoms with Crippen LogP contribution in [0.3, 0.4) is 0 Å². The van der Waals surface area contributed by atoms with E-state index in [-0.39, 0.29) is 0 Å². The quantitative estimate of drug-likeness (QED) is 0.657. The summed E-state index contributed by atoms with van der Waals surface area (Å²) in [6, 6.07) is 9.81. The average molecular weight is 411 g/mol. The summed E-state index contributed by atoms with van der Waals surface area (Å²) in [5.74, 6) is 0. The van der Waals surface area contributed by atoms with Crippen LogP contribution in [-0.4, -0.2) is 6.54 Å². The van der Waals surface area contributed by atoms with E-state index in [0.717, 1.165) is 6.54 Å². The van der Waals surface area contributed by atoms with Crippen molar-refractivity contribution >= 4 is 33.9 Å². The standard InChI is InChI=1S/C18H22INS/c1-2-9-20-18(16-11-17(19)21-12-16)15-8-7-13-5-3-4-6-14(13)10-15/h7-8,10-12,18,20H,2-6,9H2,1H3. The summed E-state index contributed by atoms with van der Waals surface area (Å²) < 4.78 is 1.36. The molecular formula is C18H22INS.